The van der Waals surface area contributed by atoms with Crippen LogP contribution in [0.3, 0.4) is 0 Å². The number of carbonyl (C=O) groups excluding carboxylic acids is 1. The molecule has 2 aromatic carbocycles. The maximum Gasteiger partial charge on any atom is 0.230 e. The third-order valence-electron chi connectivity index (χ3n) is 4.17. The van der Waals surface area contributed by atoms with Gasteiger partial charge in [0.25, 0.3) is 0 Å². The number of imidazole rings is 1. The van der Waals surface area contributed by atoms with Gasteiger partial charge in [-0.25, -0.2) is 4.98 Å². The molecule has 1 atom stereocenters. The van der Waals surface area contributed by atoms with E-state index < -0.39 is 0 Å². The number of para-hydroxylation sites is 2. The predicted octanol–water partition coefficient (Wildman–Crippen LogP) is 2.63. The van der Waals surface area contributed by atoms with E-state index in [4.69, 9.17) is 10.5 Å². The van der Waals surface area contributed by atoms with E-state index in [0.29, 0.717) is 19.0 Å². The average Bonchev–Trinajstić information content (AvgIpc) is 2.98. The summed E-state index contributed by atoms with van der Waals surface area (Å²) in [7, 11) is 1.64. The Kier molecular flexibility index (Phi) is 5.00. The van der Waals surface area contributed by atoms with Crippen molar-refractivity contribution < 1.29 is 9.53 Å². The summed E-state index contributed by atoms with van der Waals surface area (Å²) in [5.74, 6) is 0.911. The van der Waals surface area contributed by atoms with Crippen LogP contribution in [0.15, 0.2) is 48.5 Å². The lowest BCUT2D eigenvalue weighted by molar-refractivity contribution is -0.119. The third-order valence-corrected chi connectivity index (χ3v) is 4.17. The number of aromatic nitrogens is 2. The van der Waals surface area contributed by atoms with Crippen molar-refractivity contribution >= 4 is 22.9 Å². The van der Waals surface area contributed by atoms with Gasteiger partial charge in [-0.05, 0) is 29.8 Å². The Balaban J connectivity index is 1.99. The lowest BCUT2D eigenvalue weighted by atomic mass is 10.2. The Labute approximate surface area is 146 Å². The van der Waals surface area contributed by atoms with Gasteiger partial charge < -0.3 is 15.0 Å². The molecule has 0 fully saturated rings. The molecule has 0 aliphatic rings. The molecule has 1 unspecified atom stereocenters. The number of methoxy groups -OCH3 is 1. The Morgan fingerprint density at radius 2 is 2.08 bits per heavy atom. The van der Waals surface area contributed by atoms with Gasteiger partial charge in [0.05, 0.1) is 24.7 Å². The first-order valence-electron chi connectivity index (χ1n) is 8.21. The molecule has 0 saturated carbocycles. The molecule has 0 radical (unpaired) electrons. The predicted molar refractivity (Wildman–Crippen MR) is 98.7 cm³/mol. The van der Waals surface area contributed by atoms with Crippen LogP contribution in [0.5, 0.6) is 5.75 Å². The minimum atomic E-state index is -0.273. The highest BCUT2D eigenvalue weighted by atomic mass is 16.5. The summed E-state index contributed by atoms with van der Waals surface area (Å²) >= 11 is 0. The monoisotopic (exact) mass is 338 g/mol. The summed E-state index contributed by atoms with van der Waals surface area (Å²) in [5.41, 5.74) is 8.45. The van der Waals surface area contributed by atoms with Crippen LogP contribution in [0.4, 0.5) is 5.95 Å². The fraction of sp³-hybridized carbons (Fsp3) is 0.263. The topological polar surface area (TPSA) is 82.2 Å². The Bertz CT molecular complexity index is 888. The van der Waals surface area contributed by atoms with Gasteiger partial charge >= 0.3 is 0 Å². The third kappa shape index (κ3) is 3.64. The number of ether oxygens (including phenoxy) is 1. The highest BCUT2D eigenvalue weighted by molar-refractivity contribution is 5.93. The normalized spacial score (nSPS) is 12.1. The Hall–Kier alpha value is -2.86. The number of amides is 1. The number of hydrogen-bond acceptors (Lipinski definition) is 4. The molecular formula is C19H22N4O2. The summed E-state index contributed by atoms with van der Waals surface area (Å²) in [6.45, 7) is 2.66. The highest BCUT2D eigenvalue weighted by Gasteiger charge is 2.17. The number of hydrogen-bond donors (Lipinski definition) is 2. The van der Waals surface area contributed by atoms with Crippen LogP contribution in [0, 0.1) is 5.92 Å². The first-order chi connectivity index (χ1) is 12.1. The summed E-state index contributed by atoms with van der Waals surface area (Å²) in [5, 5.41) is 2.90. The molecule has 0 spiro atoms. The number of nitrogens with two attached hydrogens (primary N) is 1. The van der Waals surface area contributed by atoms with Gasteiger partial charge in [0.1, 0.15) is 5.75 Å². The molecular weight excluding hydrogens is 316 g/mol. The fourth-order valence-corrected chi connectivity index (χ4v) is 2.62. The maximum atomic E-state index is 12.3. The molecule has 3 aromatic rings. The quantitative estimate of drug-likeness (QED) is 0.724. The zero-order chi connectivity index (χ0) is 17.8. The van der Waals surface area contributed by atoms with E-state index in [0.717, 1.165) is 22.3 Å². The second-order valence-electron chi connectivity index (χ2n) is 5.99. The van der Waals surface area contributed by atoms with Crippen molar-refractivity contribution in [1.82, 2.24) is 9.55 Å². The fourth-order valence-electron chi connectivity index (χ4n) is 2.62. The number of nitrogens with one attached hydrogen (secondary N) is 1. The van der Waals surface area contributed by atoms with Crippen LogP contribution < -0.4 is 15.8 Å². The number of nitrogens with zero attached hydrogens (tertiary/aromatic N) is 2. The van der Waals surface area contributed by atoms with E-state index in [1.165, 1.54) is 0 Å². The molecule has 1 amide bonds. The standard InChI is InChI=1S/C19H22N4O2/c1-13(11-20)18(24)22-19-21-16-8-3-4-9-17(16)23(19)12-14-6-5-7-15(10-14)25-2/h3-10,13H,11-12,20H2,1-2H3,(H,21,22,24). The first-order valence-corrected chi connectivity index (χ1v) is 8.21. The van der Waals surface area contributed by atoms with Crippen LogP contribution in [0.25, 0.3) is 11.0 Å². The molecule has 6 nitrogen and oxygen atoms in total. The van der Waals surface area contributed by atoms with Crippen molar-refractivity contribution in [3.63, 3.8) is 0 Å². The van der Waals surface area contributed by atoms with Gasteiger partial charge in [-0.1, -0.05) is 31.2 Å². The molecule has 0 aliphatic carbocycles. The lowest BCUT2D eigenvalue weighted by Gasteiger charge is -2.13. The molecule has 0 saturated heterocycles. The average molecular weight is 338 g/mol. The molecule has 25 heavy (non-hydrogen) atoms. The minimum Gasteiger partial charge on any atom is -0.497 e. The lowest BCUT2D eigenvalue weighted by Crippen LogP contribution is -2.28. The van der Waals surface area contributed by atoms with E-state index in [1.807, 2.05) is 53.1 Å². The zero-order valence-corrected chi connectivity index (χ0v) is 14.4. The van der Waals surface area contributed by atoms with Crippen LogP contribution >= 0.6 is 0 Å². The largest absolute Gasteiger partial charge is 0.497 e. The van der Waals surface area contributed by atoms with E-state index in [1.54, 1.807) is 14.0 Å². The number of fused-ring (bicyclic) bond motifs is 1. The molecule has 3 N–H and O–H groups in total. The second-order valence-corrected chi connectivity index (χ2v) is 5.99. The minimum absolute atomic E-state index is 0.135. The van der Waals surface area contributed by atoms with Crippen molar-refractivity contribution in [3.8, 4) is 5.75 Å². The molecule has 130 valence electrons. The number of rotatable bonds is 6. The Morgan fingerprint density at radius 3 is 2.84 bits per heavy atom. The molecule has 0 aliphatic heterocycles. The molecule has 3 rings (SSSR count). The summed E-state index contributed by atoms with van der Waals surface area (Å²) in [6.07, 6.45) is 0. The van der Waals surface area contributed by atoms with Gasteiger partial charge in [-0.15, -0.1) is 0 Å². The SMILES string of the molecule is COc1cccc(Cn2c(NC(=O)C(C)CN)nc3ccccc32)c1. The molecule has 1 heterocycles. The van der Waals surface area contributed by atoms with Crippen LogP contribution in [-0.2, 0) is 11.3 Å². The second kappa shape index (κ2) is 7.36. The summed E-state index contributed by atoms with van der Waals surface area (Å²) < 4.78 is 7.29. The van der Waals surface area contributed by atoms with E-state index in [2.05, 4.69) is 10.3 Å². The molecule has 1 aromatic heterocycles. The summed E-state index contributed by atoms with van der Waals surface area (Å²) in [6, 6.07) is 15.7. The van der Waals surface area contributed by atoms with Gasteiger partial charge in [0.15, 0.2) is 0 Å². The van der Waals surface area contributed by atoms with E-state index in [9.17, 15) is 4.79 Å². The van der Waals surface area contributed by atoms with Crippen molar-refractivity contribution in [2.75, 3.05) is 19.0 Å². The highest BCUT2D eigenvalue weighted by Crippen LogP contribution is 2.23. The van der Waals surface area contributed by atoms with Gasteiger partial charge in [-0.3, -0.25) is 10.1 Å². The van der Waals surface area contributed by atoms with E-state index in [-0.39, 0.29) is 11.8 Å². The van der Waals surface area contributed by atoms with Crippen molar-refractivity contribution in [2.45, 2.75) is 13.5 Å². The number of carbonyl (C=O) groups is 1. The van der Waals surface area contributed by atoms with Crippen LogP contribution in [-0.4, -0.2) is 29.1 Å². The maximum absolute atomic E-state index is 12.3. The van der Waals surface area contributed by atoms with Crippen molar-refractivity contribution in [3.05, 3.63) is 54.1 Å². The zero-order valence-electron chi connectivity index (χ0n) is 14.4. The molecule has 0 bridgehead atoms. The van der Waals surface area contributed by atoms with Gasteiger partial charge in [0.2, 0.25) is 11.9 Å². The van der Waals surface area contributed by atoms with Crippen molar-refractivity contribution in [1.29, 1.82) is 0 Å². The summed E-state index contributed by atoms with van der Waals surface area (Å²) in [4.78, 5) is 16.8. The molecule has 6 heteroatoms. The number of benzene rings is 2. The van der Waals surface area contributed by atoms with E-state index >= 15 is 0 Å². The number of anilines is 1. The van der Waals surface area contributed by atoms with Gasteiger partial charge in [0, 0.05) is 12.5 Å². The van der Waals surface area contributed by atoms with Crippen molar-refractivity contribution in [2.24, 2.45) is 11.7 Å². The van der Waals surface area contributed by atoms with Crippen LogP contribution in [0.1, 0.15) is 12.5 Å². The van der Waals surface area contributed by atoms with Crippen LogP contribution in [0.2, 0.25) is 0 Å². The van der Waals surface area contributed by atoms with Gasteiger partial charge in [-0.2, -0.15) is 0 Å². The smallest absolute Gasteiger partial charge is 0.230 e. The Morgan fingerprint density at radius 1 is 1.28 bits per heavy atom. The first kappa shape index (κ1) is 17.0.